The predicted octanol–water partition coefficient (Wildman–Crippen LogP) is 7.12. The summed E-state index contributed by atoms with van der Waals surface area (Å²) in [6.07, 6.45) is 6.11. The van der Waals surface area contributed by atoms with Crippen LogP contribution in [0.4, 0.5) is 0 Å². The monoisotopic (exact) mass is 475 g/mol. The topological polar surface area (TPSA) is 46.9 Å². The van der Waals surface area contributed by atoms with Gasteiger partial charge in [-0.3, -0.25) is 4.79 Å². The molecular formula is C24H24Cl3N3O. The third-order valence-corrected chi connectivity index (χ3v) is 6.66. The van der Waals surface area contributed by atoms with Gasteiger partial charge in [-0.2, -0.15) is 5.10 Å². The Morgan fingerprint density at radius 3 is 2.39 bits per heavy atom. The second kappa shape index (κ2) is 9.64. The summed E-state index contributed by atoms with van der Waals surface area (Å²) in [6, 6.07) is 12.7. The summed E-state index contributed by atoms with van der Waals surface area (Å²) >= 11 is 18.7. The molecule has 0 bridgehead atoms. The zero-order valence-electron chi connectivity index (χ0n) is 17.3. The van der Waals surface area contributed by atoms with Crippen molar-refractivity contribution in [3.05, 3.63) is 68.8 Å². The lowest BCUT2D eigenvalue weighted by atomic mass is 9.89. The van der Waals surface area contributed by atoms with Crippen molar-refractivity contribution < 1.29 is 4.79 Å². The van der Waals surface area contributed by atoms with Crippen LogP contribution < -0.4 is 5.32 Å². The Kier molecular flexibility index (Phi) is 6.90. The van der Waals surface area contributed by atoms with E-state index in [1.807, 2.05) is 31.2 Å². The van der Waals surface area contributed by atoms with Crippen LogP contribution >= 0.6 is 34.8 Å². The molecule has 1 heterocycles. The lowest BCUT2D eigenvalue weighted by molar-refractivity contribution is 0.0937. The molecule has 4 nitrogen and oxygen atoms in total. The molecule has 0 aliphatic heterocycles. The third-order valence-electron chi connectivity index (χ3n) is 5.87. The van der Waals surface area contributed by atoms with Gasteiger partial charge in [0.1, 0.15) is 0 Å². The van der Waals surface area contributed by atoms with Gasteiger partial charge in [0.05, 0.1) is 16.4 Å². The van der Waals surface area contributed by atoms with Gasteiger partial charge >= 0.3 is 0 Å². The standard InChI is InChI=1S/C24H24Cl3N3O/c1-15-22(24(31)28-14-16-5-3-2-4-6-16)29-30(21-12-11-19(26)13-20(21)27)23(15)17-7-9-18(25)10-8-17/h7-13,16H,2-6,14H2,1H3,(H,28,31). The lowest BCUT2D eigenvalue weighted by Gasteiger charge is -2.21. The van der Waals surface area contributed by atoms with Gasteiger partial charge in [-0.1, -0.05) is 66.2 Å². The van der Waals surface area contributed by atoms with Crippen LogP contribution in [0.25, 0.3) is 16.9 Å². The Bertz CT molecular complexity index is 1090. The Balaban J connectivity index is 1.72. The fraction of sp³-hybridized carbons (Fsp3) is 0.333. The molecular weight excluding hydrogens is 453 g/mol. The van der Waals surface area contributed by atoms with Crippen LogP contribution in [0.1, 0.15) is 48.2 Å². The molecule has 0 spiro atoms. The molecule has 0 atom stereocenters. The zero-order chi connectivity index (χ0) is 22.0. The van der Waals surface area contributed by atoms with Gasteiger partial charge in [-0.25, -0.2) is 4.68 Å². The van der Waals surface area contributed by atoms with E-state index in [-0.39, 0.29) is 5.91 Å². The Hall–Kier alpha value is -2.01. The summed E-state index contributed by atoms with van der Waals surface area (Å²) in [6.45, 7) is 2.59. The van der Waals surface area contributed by atoms with E-state index in [2.05, 4.69) is 10.4 Å². The highest BCUT2D eigenvalue weighted by atomic mass is 35.5. The van der Waals surface area contributed by atoms with Crippen LogP contribution in [-0.4, -0.2) is 22.2 Å². The van der Waals surface area contributed by atoms with Crippen molar-refractivity contribution in [1.29, 1.82) is 0 Å². The maximum atomic E-state index is 13.1. The first kappa shape index (κ1) is 22.2. The van der Waals surface area contributed by atoms with E-state index in [9.17, 15) is 4.79 Å². The summed E-state index contributed by atoms with van der Waals surface area (Å²) in [5.74, 6) is 0.378. The minimum atomic E-state index is -0.165. The molecule has 162 valence electrons. The van der Waals surface area contributed by atoms with Crippen LogP contribution in [-0.2, 0) is 0 Å². The van der Waals surface area contributed by atoms with E-state index in [4.69, 9.17) is 34.8 Å². The van der Waals surface area contributed by atoms with Gasteiger partial charge in [-0.05, 0) is 56.0 Å². The number of hydrogen-bond donors (Lipinski definition) is 1. The molecule has 1 amide bonds. The first-order valence-electron chi connectivity index (χ1n) is 10.5. The molecule has 4 rings (SSSR count). The molecule has 1 aliphatic carbocycles. The number of benzene rings is 2. The molecule has 1 N–H and O–H groups in total. The number of carbonyl (C=O) groups excluding carboxylic acids is 1. The summed E-state index contributed by atoms with van der Waals surface area (Å²) in [4.78, 5) is 13.1. The van der Waals surface area contributed by atoms with E-state index >= 15 is 0 Å². The lowest BCUT2D eigenvalue weighted by Crippen LogP contribution is -2.31. The summed E-state index contributed by atoms with van der Waals surface area (Å²) in [5, 5.41) is 9.41. The minimum absolute atomic E-state index is 0.165. The van der Waals surface area contributed by atoms with Crippen LogP contribution in [0.2, 0.25) is 15.1 Å². The van der Waals surface area contributed by atoms with Crippen LogP contribution in [0.5, 0.6) is 0 Å². The van der Waals surface area contributed by atoms with Crippen LogP contribution in [0.15, 0.2) is 42.5 Å². The number of carbonyl (C=O) groups is 1. The SMILES string of the molecule is Cc1c(C(=O)NCC2CCCCC2)nn(-c2ccc(Cl)cc2Cl)c1-c1ccc(Cl)cc1. The summed E-state index contributed by atoms with van der Waals surface area (Å²) in [7, 11) is 0. The van der Waals surface area contributed by atoms with Crippen molar-refractivity contribution in [3.8, 4) is 16.9 Å². The van der Waals surface area contributed by atoms with Crippen molar-refractivity contribution in [2.45, 2.75) is 39.0 Å². The van der Waals surface area contributed by atoms with Crippen molar-refractivity contribution >= 4 is 40.7 Å². The molecule has 31 heavy (non-hydrogen) atoms. The predicted molar refractivity (Wildman–Crippen MR) is 128 cm³/mol. The normalized spacial score (nSPS) is 14.6. The van der Waals surface area contributed by atoms with Crippen molar-refractivity contribution in [3.63, 3.8) is 0 Å². The van der Waals surface area contributed by atoms with E-state index in [0.717, 1.165) is 16.8 Å². The van der Waals surface area contributed by atoms with Crippen molar-refractivity contribution in [2.24, 2.45) is 5.92 Å². The Morgan fingerprint density at radius 2 is 1.71 bits per heavy atom. The first-order valence-corrected chi connectivity index (χ1v) is 11.7. The number of rotatable bonds is 5. The maximum absolute atomic E-state index is 13.1. The van der Waals surface area contributed by atoms with E-state index in [1.54, 1.807) is 22.9 Å². The van der Waals surface area contributed by atoms with Gasteiger partial charge in [-0.15, -0.1) is 0 Å². The molecule has 1 fully saturated rings. The number of nitrogens with zero attached hydrogens (tertiary/aromatic N) is 2. The van der Waals surface area contributed by atoms with Gasteiger partial charge in [0, 0.05) is 27.7 Å². The zero-order valence-corrected chi connectivity index (χ0v) is 19.6. The Labute approximate surface area is 197 Å². The fourth-order valence-electron chi connectivity index (χ4n) is 4.20. The molecule has 7 heteroatoms. The molecule has 1 saturated carbocycles. The third kappa shape index (κ3) is 4.92. The molecule has 0 radical (unpaired) electrons. The van der Waals surface area contributed by atoms with Crippen LogP contribution in [0.3, 0.4) is 0 Å². The average molecular weight is 477 g/mol. The smallest absolute Gasteiger partial charge is 0.272 e. The summed E-state index contributed by atoms with van der Waals surface area (Å²) < 4.78 is 1.72. The average Bonchev–Trinajstić information content (AvgIpc) is 3.10. The second-order valence-electron chi connectivity index (χ2n) is 8.05. The first-order chi connectivity index (χ1) is 14.9. The highest BCUT2D eigenvalue weighted by molar-refractivity contribution is 6.35. The molecule has 3 aromatic rings. The van der Waals surface area contributed by atoms with Crippen molar-refractivity contribution in [2.75, 3.05) is 6.54 Å². The number of aromatic nitrogens is 2. The van der Waals surface area contributed by atoms with Gasteiger partial charge in [0.15, 0.2) is 5.69 Å². The van der Waals surface area contributed by atoms with Gasteiger partial charge in [0.25, 0.3) is 5.91 Å². The highest BCUT2D eigenvalue weighted by Crippen LogP contribution is 2.33. The van der Waals surface area contributed by atoms with Gasteiger partial charge < -0.3 is 5.32 Å². The fourth-order valence-corrected chi connectivity index (χ4v) is 4.81. The number of nitrogens with one attached hydrogen (secondary N) is 1. The van der Waals surface area contributed by atoms with Crippen LogP contribution in [0, 0.1) is 12.8 Å². The number of hydrogen-bond acceptors (Lipinski definition) is 2. The number of halogens is 3. The molecule has 1 aromatic heterocycles. The van der Waals surface area contributed by atoms with E-state index < -0.39 is 0 Å². The largest absolute Gasteiger partial charge is 0.350 e. The quantitative estimate of drug-likeness (QED) is 0.426. The van der Waals surface area contributed by atoms with Gasteiger partial charge in [0.2, 0.25) is 0 Å². The minimum Gasteiger partial charge on any atom is -0.350 e. The molecule has 2 aromatic carbocycles. The second-order valence-corrected chi connectivity index (χ2v) is 9.33. The van der Waals surface area contributed by atoms with E-state index in [1.165, 1.54) is 32.1 Å². The Morgan fingerprint density at radius 1 is 1.03 bits per heavy atom. The highest BCUT2D eigenvalue weighted by Gasteiger charge is 2.24. The molecule has 0 unspecified atom stereocenters. The number of amides is 1. The molecule has 1 aliphatic rings. The van der Waals surface area contributed by atoms with E-state index in [0.29, 0.717) is 38.9 Å². The maximum Gasteiger partial charge on any atom is 0.272 e. The summed E-state index contributed by atoms with van der Waals surface area (Å²) in [5.41, 5.74) is 3.53. The molecule has 0 saturated heterocycles. The van der Waals surface area contributed by atoms with Crippen molar-refractivity contribution in [1.82, 2.24) is 15.1 Å².